The molecule has 5 rings (SSSR count). The molecule has 2 aliphatic rings. The molecule has 0 spiro atoms. The largest absolute Gasteiger partial charge is 0.353 e. The summed E-state index contributed by atoms with van der Waals surface area (Å²) in [7, 11) is 0. The van der Waals surface area contributed by atoms with Crippen molar-refractivity contribution in [2.24, 2.45) is 5.92 Å². The lowest BCUT2D eigenvalue weighted by Gasteiger charge is -2.28. The molecule has 1 aliphatic carbocycles. The van der Waals surface area contributed by atoms with Gasteiger partial charge in [0.1, 0.15) is 11.2 Å². The van der Waals surface area contributed by atoms with E-state index in [4.69, 9.17) is 0 Å². The van der Waals surface area contributed by atoms with Crippen molar-refractivity contribution < 1.29 is 4.79 Å². The van der Waals surface area contributed by atoms with E-state index in [0.717, 1.165) is 29.0 Å². The number of nitrogens with one attached hydrogen (secondary N) is 2. The molecular weight excluding hydrogens is 328 g/mol. The Hall–Kier alpha value is -2.33. The Morgan fingerprint density at radius 1 is 1.08 bits per heavy atom. The van der Waals surface area contributed by atoms with Crippen molar-refractivity contribution >= 4 is 33.0 Å². The molecule has 2 aromatic carbocycles. The van der Waals surface area contributed by atoms with Gasteiger partial charge in [-0.05, 0) is 41.5 Å². The van der Waals surface area contributed by atoms with Crippen LogP contribution in [0.3, 0.4) is 0 Å². The molecule has 0 unspecified atom stereocenters. The monoisotopic (exact) mass is 348 g/mol. The summed E-state index contributed by atoms with van der Waals surface area (Å²) in [5.41, 5.74) is 3.29. The van der Waals surface area contributed by atoms with E-state index in [-0.39, 0.29) is 12.1 Å². The SMILES string of the molecule is C[C@H]1CCc2c(sc3c2C(=O)N[C@@H](c2cccc4ccccc24)N3)C1. The zero-order chi connectivity index (χ0) is 17.0. The summed E-state index contributed by atoms with van der Waals surface area (Å²) in [5.74, 6) is 0.781. The molecular formula is C21H20N2OS. The maximum Gasteiger partial charge on any atom is 0.256 e. The molecule has 3 nitrogen and oxygen atoms in total. The lowest BCUT2D eigenvalue weighted by atomic mass is 9.88. The minimum Gasteiger partial charge on any atom is -0.353 e. The fraction of sp³-hybridized carbons (Fsp3) is 0.286. The molecule has 1 aromatic heterocycles. The van der Waals surface area contributed by atoms with Gasteiger partial charge >= 0.3 is 0 Å². The standard InChI is InChI=1S/C21H20N2OS/c1-12-9-10-16-17(11-12)25-21-18(16)20(24)22-19(23-21)15-8-4-6-13-5-2-3-7-14(13)15/h2-8,12,19,23H,9-11H2,1H3,(H,22,24)/t12-,19+/m0/s1. The van der Waals surface area contributed by atoms with Crippen molar-refractivity contribution in [2.75, 3.05) is 5.32 Å². The number of anilines is 1. The molecule has 25 heavy (non-hydrogen) atoms. The molecule has 1 amide bonds. The number of benzene rings is 2. The topological polar surface area (TPSA) is 41.1 Å². The number of carbonyl (C=O) groups excluding carboxylic acids is 1. The molecule has 126 valence electrons. The maximum atomic E-state index is 12.9. The molecule has 1 aliphatic heterocycles. The van der Waals surface area contributed by atoms with Gasteiger partial charge in [-0.15, -0.1) is 11.3 Å². The van der Waals surface area contributed by atoms with Gasteiger partial charge in [-0.25, -0.2) is 0 Å². The Morgan fingerprint density at radius 3 is 2.84 bits per heavy atom. The van der Waals surface area contributed by atoms with E-state index in [0.29, 0.717) is 5.92 Å². The van der Waals surface area contributed by atoms with Gasteiger partial charge in [-0.1, -0.05) is 49.4 Å². The summed E-state index contributed by atoms with van der Waals surface area (Å²) in [6, 6.07) is 14.6. The van der Waals surface area contributed by atoms with E-state index in [1.807, 2.05) is 12.1 Å². The minimum atomic E-state index is -0.177. The number of amides is 1. The second-order valence-corrected chi connectivity index (χ2v) is 8.28. The molecule has 2 atom stereocenters. The summed E-state index contributed by atoms with van der Waals surface area (Å²) in [6.07, 6.45) is 3.12. The predicted octanol–water partition coefficient (Wildman–Crippen LogP) is 4.88. The second kappa shape index (κ2) is 5.60. The lowest BCUT2D eigenvalue weighted by molar-refractivity contribution is 0.0935. The fourth-order valence-electron chi connectivity index (χ4n) is 4.12. The van der Waals surface area contributed by atoms with E-state index in [1.54, 1.807) is 11.3 Å². The summed E-state index contributed by atoms with van der Waals surface area (Å²) in [4.78, 5) is 14.3. The van der Waals surface area contributed by atoms with Gasteiger partial charge in [0.15, 0.2) is 0 Å². The summed E-state index contributed by atoms with van der Waals surface area (Å²) in [5, 5.41) is 10.2. The molecule has 4 heteroatoms. The molecule has 0 bridgehead atoms. The third-order valence-electron chi connectivity index (χ3n) is 5.42. The Morgan fingerprint density at radius 2 is 1.92 bits per heavy atom. The first-order valence-corrected chi connectivity index (χ1v) is 9.72. The molecule has 0 saturated heterocycles. The third kappa shape index (κ3) is 2.35. The Balaban J connectivity index is 1.58. The number of hydrogen-bond donors (Lipinski definition) is 2. The van der Waals surface area contributed by atoms with E-state index in [9.17, 15) is 4.79 Å². The quantitative estimate of drug-likeness (QED) is 0.658. The maximum absolute atomic E-state index is 12.9. The van der Waals surface area contributed by atoms with Gasteiger partial charge in [0, 0.05) is 10.4 Å². The average molecular weight is 348 g/mol. The molecule has 2 N–H and O–H groups in total. The van der Waals surface area contributed by atoms with Gasteiger partial charge < -0.3 is 10.6 Å². The number of hydrogen-bond acceptors (Lipinski definition) is 3. The van der Waals surface area contributed by atoms with Crippen LogP contribution in [0.5, 0.6) is 0 Å². The van der Waals surface area contributed by atoms with Crippen LogP contribution in [-0.4, -0.2) is 5.91 Å². The highest BCUT2D eigenvalue weighted by molar-refractivity contribution is 7.16. The van der Waals surface area contributed by atoms with E-state index in [2.05, 4.69) is 47.9 Å². The highest BCUT2D eigenvalue weighted by atomic mass is 32.1. The van der Waals surface area contributed by atoms with Crippen molar-refractivity contribution in [1.29, 1.82) is 0 Å². The van der Waals surface area contributed by atoms with Gasteiger partial charge in [-0.3, -0.25) is 4.79 Å². The zero-order valence-electron chi connectivity index (χ0n) is 14.1. The highest BCUT2D eigenvalue weighted by Crippen LogP contribution is 2.43. The van der Waals surface area contributed by atoms with Crippen LogP contribution < -0.4 is 10.6 Å². The molecule has 0 saturated carbocycles. The van der Waals surface area contributed by atoms with Gasteiger partial charge in [0.25, 0.3) is 5.91 Å². The summed E-state index contributed by atoms with van der Waals surface area (Å²) < 4.78 is 0. The first-order chi connectivity index (χ1) is 12.2. The predicted molar refractivity (Wildman–Crippen MR) is 103 cm³/mol. The van der Waals surface area contributed by atoms with Crippen molar-refractivity contribution in [2.45, 2.75) is 32.4 Å². The first-order valence-electron chi connectivity index (χ1n) is 8.90. The normalized spacial score (nSPS) is 22.0. The number of carbonyl (C=O) groups is 1. The molecule has 0 fully saturated rings. The van der Waals surface area contributed by atoms with E-state index >= 15 is 0 Å². The Kier molecular flexibility index (Phi) is 3.35. The summed E-state index contributed by atoms with van der Waals surface area (Å²) >= 11 is 1.78. The van der Waals surface area contributed by atoms with Crippen LogP contribution in [0.2, 0.25) is 0 Å². The van der Waals surface area contributed by atoms with E-state index < -0.39 is 0 Å². The van der Waals surface area contributed by atoms with Crippen LogP contribution in [0, 0.1) is 5.92 Å². The summed E-state index contributed by atoms with van der Waals surface area (Å²) in [6.45, 7) is 2.30. The number of fused-ring (bicyclic) bond motifs is 4. The van der Waals surface area contributed by atoms with Crippen LogP contribution in [0.25, 0.3) is 10.8 Å². The van der Waals surface area contributed by atoms with Crippen LogP contribution in [0.1, 0.15) is 45.9 Å². The lowest BCUT2D eigenvalue weighted by Crippen LogP contribution is -2.38. The Bertz CT molecular complexity index is 985. The van der Waals surface area contributed by atoms with Crippen LogP contribution in [0.15, 0.2) is 42.5 Å². The van der Waals surface area contributed by atoms with Crippen molar-refractivity contribution in [1.82, 2.24) is 5.32 Å². The smallest absolute Gasteiger partial charge is 0.256 e. The highest BCUT2D eigenvalue weighted by Gasteiger charge is 2.33. The van der Waals surface area contributed by atoms with Gasteiger partial charge in [-0.2, -0.15) is 0 Å². The van der Waals surface area contributed by atoms with Gasteiger partial charge in [0.05, 0.1) is 5.56 Å². The fourth-order valence-corrected chi connectivity index (χ4v) is 5.56. The van der Waals surface area contributed by atoms with E-state index in [1.165, 1.54) is 27.6 Å². The zero-order valence-corrected chi connectivity index (χ0v) is 15.0. The minimum absolute atomic E-state index is 0.0683. The van der Waals surface area contributed by atoms with Crippen LogP contribution in [0.4, 0.5) is 5.00 Å². The van der Waals surface area contributed by atoms with Crippen LogP contribution >= 0.6 is 11.3 Å². The third-order valence-corrected chi connectivity index (χ3v) is 6.61. The van der Waals surface area contributed by atoms with Crippen molar-refractivity contribution in [3.05, 3.63) is 64.0 Å². The molecule has 3 aromatic rings. The molecule has 2 heterocycles. The van der Waals surface area contributed by atoms with Crippen LogP contribution in [-0.2, 0) is 12.8 Å². The number of rotatable bonds is 1. The van der Waals surface area contributed by atoms with Crippen molar-refractivity contribution in [3.8, 4) is 0 Å². The second-order valence-electron chi connectivity index (χ2n) is 7.18. The Labute approximate surface area is 151 Å². The molecule has 0 radical (unpaired) electrons. The van der Waals surface area contributed by atoms with Gasteiger partial charge in [0.2, 0.25) is 0 Å². The number of thiophene rings is 1. The average Bonchev–Trinajstić information content (AvgIpc) is 2.99. The first kappa shape index (κ1) is 15.0. The van der Waals surface area contributed by atoms with Crippen molar-refractivity contribution in [3.63, 3.8) is 0 Å².